The van der Waals surface area contributed by atoms with Gasteiger partial charge in [-0.1, -0.05) is 24.3 Å². The van der Waals surface area contributed by atoms with Crippen molar-refractivity contribution in [3.63, 3.8) is 0 Å². The Labute approximate surface area is 165 Å². The van der Waals surface area contributed by atoms with Crippen molar-refractivity contribution in [3.8, 4) is 0 Å². The topological polar surface area (TPSA) is 66.1 Å². The van der Waals surface area contributed by atoms with E-state index in [0.717, 1.165) is 48.9 Å². The standard InChI is InChI=1S/C21H26N4O3/c26-21(22-17-5-1-3-7-19(17)24-9-13-27-14-10-24)23-18-6-2-4-8-20(18)25-11-15-28-16-12-25/h1-8H,9-16H2,(H2,22,23,26). The fourth-order valence-electron chi connectivity index (χ4n) is 3.59. The second-order valence-electron chi connectivity index (χ2n) is 6.81. The predicted molar refractivity (Wildman–Crippen MR) is 112 cm³/mol. The molecule has 28 heavy (non-hydrogen) atoms. The van der Waals surface area contributed by atoms with Crippen molar-refractivity contribution in [2.45, 2.75) is 0 Å². The van der Waals surface area contributed by atoms with Crippen LogP contribution in [0.1, 0.15) is 0 Å². The molecular weight excluding hydrogens is 356 g/mol. The number of carbonyl (C=O) groups is 1. The molecule has 2 fully saturated rings. The van der Waals surface area contributed by atoms with E-state index >= 15 is 0 Å². The molecule has 148 valence electrons. The smallest absolute Gasteiger partial charge is 0.323 e. The first-order chi connectivity index (χ1) is 13.8. The number of urea groups is 1. The molecule has 2 N–H and O–H groups in total. The molecule has 0 radical (unpaired) electrons. The van der Waals surface area contributed by atoms with Crippen molar-refractivity contribution in [2.24, 2.45) is 0 Å². The van der Waals surface area contributed by atoms with Crippen LogP contribution in [0.15, 0.2) is 48.5 Å². The number of benzene rings is 2. The van der Waals surface area contributed by atoms with E-state index in [9.17, 15) is 4.79 Å². The Bertz CT molecular complexity index is 736. The van der Waals surface area contributed by atoms with Crippen LogP contribution in [0, 0.1) is 0 Å². The van der Waals surface area contributed by atoms with Crippen molar-refractivity contribution in [1.29, 1.82) is 0 Å². The summed E-state index contributed by atoms with van der Waals surface area (Å²) in [6.45, 7) is 6.09. The molecular formula is C21H26N4O3. The number of para-hydroxylation sites is 4. The van der Waals surface area contributed by atoms with Crippen molar-refractivity contribution >= 4 is 28.8 Å². The van der Waals surface area contributed by atoms with Gasteiger partial charge in [0.2, 0.25) is 0 Å². The highest BCUT2D eigenvalue weighted by molar-refractivity contribution is 6.03. The molecule has 4 rings (SSSR count). The molecule has 2 heterocycles. The van der Waals surface area contributed by atoms with Gasteiger partial charge in [-0.2, -0.15) is 0 Å². The van der Waals surface area contributed by atoms with Crippen LogP contribution in [0.25, 0.3) is 0 Å². The van der Waals surface area contributed by atoms with E-state index in [1.54, 1.807) is 0 Å². The molecule has 2 aromatic carbocycles. The van der Waals surface area contributed by atoms with E-state index in [1.165, 1.54) is 0 Å². The van der Waals surface area contributed by atoms with Crippen LogP contribution in [0.2, 0.25) is 0 Å². The molecule has 0 bridgehead atoms. The summed E-state index contributed by atoms with van der Waals surface area (Å²) in [7, 11) is 0. The monoisotopic (exact) mass is 382 g/mol. The highest BCUT2D eigenvalue weighted by Crippen LogP contribution is 2.29. The van der Waals surface area contributed by atoms with E-state index in [4.69, 9.17) is 9.47 Å². The predicted octanol–water partition coefficient (Wildman–Crippen LogP) is 3.00. The van der Waals surface area contributed by atoms with Gasteiger partial charge in [0.1, 0.15) is 0 Å². The quantitative estimate of drug-likeness (QED) is 0.851. The molecule has 2 aliphatic heterocycles. The van der Waals surface area contributed by atoms with Crippen molar-refractivity contribution in [3.05, 3.63) is 48.5 Å². The summed E-state index contributed by atoms with van der Waals surface area (Å²) in [5.41, 5.74) is 3.63. The van der Waals surface area contributed by atoms with Crippen LogP contribution in [0.3, 0.4) is 0 Å². The maximum Gasteiger partial charge on any atom is 0.323 e. The molecule has 0 unspecified atom stereocenters. The van der Waals surface area contributed by atoms with Gasteiger partial charge >= 0.3 is 6.03 Å². The normalized spacial score (nSPS) is 17.3. The number of nitrogens with zero attached hydrogens (tertiary/aromatic N) is 2. The fraction of sp³-hybridized carbons (Fsp3) is 0.381. The van der Waals surface area contributed by atoms with Gasteiger partial charge in [0, 0.05) is 26.2 Å². The summed E-state index contributed by atoms with van der Waals surface area (Å²) in [4.78, 5) is 17.2. The third-order valence-electron chi connectivity index (χ3n) is 5.01. The SMILES string of the molecule is O=C(Nc1ccccc1N1CCOCC1)Nc1ccccc1N1CCOCC1. The minimum Gasteiger partial charge on any atom is -0.378 e. The van der Waals surface area contributed by atoms with Crippen LogP contribution >= 0.6 is 0 Å². The molecule has 0 aromatic heterocycles. The molecule has 0 atom stereocenters. The number of anilines is 4. The molecule has 0 saturated carbocycles. The van der Waals surface area contributed by atoms with Crippen LogP contribution < -0.4 is 20.4 Å². The van der Waals surface area contributed by atoms with Gasteiger partial charge in [-0.15, -0.1) is 0 Å². The zero-order valence-electron chi connectivity index (χ0n) is 15.9. The largest absolute Gasteiger partial charge is 0.378 e. The number of rotatable bonds is 4. The molecule has 2 aromatic rings. The van der Waals surface area contributed by atoms with E-state index in [2.05, 4.69) is 20.4 Å². The van der Waals surface area contributed by atoms with Crippen molar-refractivity contribution in [2.75, 3.05) is 73.0 Å². The van der Waals surface area contributed by atoms with E-state index in [1.807, 2.05) is 48.5 Å². The van der Waals surface area contributed by atoms with Gasteiger partial charge < -0.3 is 29.9 Å². The maximum atomic E-state index is 12.7. The Morgan fingerprint density at radius 2 is 1.07 bits per heavy atom. The lowest BCUT2D eigenvalue weighted by atomic mass is 10.2. The summed E-state index contributed by atoms with van der Waals surface area (Å²) in [5, 5.41) is 6.02. The number of ether oxygens (including phenoxy) is 2. The molecule has 7 nitrogen and oxygen atoms in total. The molecule has 7 heteroatoms. The van der Waals surface area contributed by atoms with Crippen LogP contribution in [-0.2, 0) is 9.47 Å². The van der Waals surface area contributed by atoms with E-state index < -0.39 is 0 Å². The second kappa shape index (κ2) is 8.95. The average molecular weight is 382 g/mol. The lowest BCUT2D eigenvalue weighted by Crippen LogP contribution is -2.37. The highest BCUT2D eigenvalue weighted by Gasteiger charge is 2.18. The first-order valence-electron chi connectivity index (χ1n) is 9.73. The minimum atomic E-state index is -0.249. The third-order valence-corrected chi connectivity index (χ3v) is 5.01. The molecule has 0 aliphatic carbocycles. The lowest BCUT2D eigenvalue weighted by molar-refractivity contribution is 0.122. The Morgan fingerprint density at radius 3 is 1.50 bits per heavy atom. The van der Waals surface area contributed by atoms with Crippen LogP contribution in [-0.4, -0.2) is 58.6 Å². The summed E-state index contributed by atoms with van der Waals surface area (Å²) in [5.74, 6) is 0. The molecule has 2 saturated heterocycles. The zero-order chi connectivity index (χ0) is 19.2. The highest BCUT2D eigenvalue weighted by atomic mass is 16.5. The van der Waals surface area contributed by atoms with Gasteiger partial charge in [0.25, 0.3) is 0 Å². The maximum absolute atomic E-state index is 12.7. The van der Waals surface area contributed by atoms with Gasteiger partial charge in [-0.05, 0) is 24.3 Å². The van der Waals surface area contributed by atoms with E-state index in [0.29, 0.717) is 26.4 Å². The molecule has 0 spiro atoms. The number of carbonyl (C=O) groups excluding carboxylic acids is 1. The Hall–Kier alpha value is -2.77. The Balaban J connectivity index is 1.47. The summed E-state index contributed by atoms with van der Waals surface area (Å²) in [6, 6.07) is 15.5. The summed E-state index contributed by atoms with van der Waals surface area (Å²) in [6.07, 6.45) is 0. The van der Waals surface area contributed by atoms with Gasteiger partial charge in [0.15, 0.2) is 0 Å². The summed E-state index contributed by atoms with van der Waals surface area (Å²) < 4.78 is 10.9. The van der Waals surface area contributed by atoms with E-state index in [-0.39, 0.29) is 6.03 Å². The number of hydrogen-bond donors (Lipinski definition) is 2. The number of amides is 2. The average Bonchev–Trinajstić information content (AvgIpc) is 2.76. The van der Waals surface area contributed by atoms with Gasteiger partial charge in [-0.3, -0.25) is 0 Å². The van der Waals surface area contributed by atoms with Crippen molar-refractivity contribution in [1.82, 2.24) is 0 Å². The number of morpholine rings is 2. The molecule has 2 amide bonds. The van der Waals surface area contributed by atoms with Gasteiger partial charge in [-0.25, -0.2) is 4.79 Å². The van der Waals surface area contributed by atoms with Crippen LogP contribution in [0.4, 0.5) is 27.5 Å². The van der Waals surface area contributed by atoms with Crippen LogP contribution in [0.5, 0.6) is 0 Å². The number of hydrogen-bond acceptors (Lipinski definition) is 5. The Kier molecular flexibility index (Phi) is 5.94. The lowest BCUT2D eigenvalue weighted by Gasteiger charge is -2.31. The zero-order valence-corrected chi connectivity index (χ0v) is 15.9. The van der Waals surface area contributed by atoms with Crippen molar-refractivity contribution < 1.29 is 14.3 Å². The first kappa shape index (κ1) is 18.6. The Morgan fingerprint density at radius 1 is 0.679 bits per heavy atom. The molecule has 2 aliphatic rings. The summed E-state index contributed by atoms with van der Waals surface area (Å²) >= 11 is 0. The third kappa shape index (κ3) is 4.37. The van der Waals surface area contributed by atoms with Gasteiger partial charge in [0.05, 0.1) is 49.2 Å². The first-order valence-corrected chi connectivity index (χ1v) is 9.73. The fourth-order valence-corrected chi connectivity index (χ4v) is 3.59. The minimum absolute atomic E-state index is 0.249. The second-order valence-corrected chi connectivity index (χ2v) is 6.81. The number of nitrogens with one attached hydrogen (secondary N) is 2.